The van der Waals surface area contributed by atoms with E-state index in [9.17, 15) is 4.79 Å². The number of carbonyl (C=O) groups is 1. The molecule has 0 spiro atoms. The van der Waals surface area contributed by atoms with Gasteiger partial charge in [-0.25, -0.2) is 0 Å². The van der Waals surface area contributed by atoms with Crippen molar-refractivity contribution in [3.05, 3.63) is 0 Å². The number of nitrogens with two attached hydrogens (primary N) is 1. The van der Waals surface area contributed by atoms with Crippen molar-refractivity contribution in [3.8, 4) is 0 Å². The molecule has 0 amide bonds. The minimum absolute atomic E-state index is 0.122. The molecule has 4 aliphatic rings. The first-order valence-electron chi connectivity index (χ1n) is 7.86. The summed E-state index contributed by atoms with van der Waals surface area (Å²) in [6.07, 6.45) is 8.41. The molecule has 0 aliphatic heterocycles. The lowest BCUT2D eigenvalue weighted by Crippen LogP contribution is -2.57. The molecular weight excluding hydrogens is 238 g/mol. The van der Waals surface area contributed by atoms with Crippen LogP contribution in [0.15, 0.2) is 0 Å². The lowest BCUT2D eigenvalue weighted by Gasteiger charge is -2.61. The molecule has 4 aliphatic carbocycles. The molecule has 19 heavy (non-hydrogen) atoms. The van der Waals surface area contributed by atoms with Gasteiger partial charge in [0.05, 0.1) is 6.42 Å². The number of esters is 1. The van der Waals surface area contributed by atoms with Crippen molar-refractivity contribution >= 4 is 5.97 Å². The Hall–Kier alpha value is -0.570. The van der Waals surface area contributed by atoms with Crippen LogP contribution in [0.25, 0.3) is 0 Å². The van der Waals surface area contributed by atoms with Crippen molar-refractivity contribution in [1.29, 1.82) is 0 Å². The predicted octanol–water partition coefficient (Wildman–Crippen LogP) is 2.87. The highest BCUT2D eigenvalue weighted by atomic mass is 16.6. The van der Waals surface area contributed by atoms with Crippen LogP contribution in [0.1, 0.15) is 58.8 Å². The van der Waals surface area contributed by atoms with Crippen LogP contribution >= 0.6 is 0 Å². The molecule has 0 saturated heterocycles. The highest BCUT2D eigenvalue weighted by Gasteiger charge is 2.58. The lowest BCUT2D eigenvalue weighted by atomic mass is 9.46. The van der Waals surface area contributed by atoms with Gasteiger partial charge in [0.15, 0.2) is 0 Å². The van der Waals surface area contributed by atoms with Crippen LogP contribution < -0.4 is 5.73 Å². The van der Waals surface area contributed by atoms with Crippen LogP contribution in [0.5, 0.6) is 0 Å². The zero-order chi connectivity index (χ0) is 13.7. The van der Waals surface area contributed by atoms with Gasteiger partial charge in [0, 0.05) is 12.0 Å². The van der Waals surface area contributed by atoms with E-state index < -0.39 is 0 Å². The van der Waals surface area contributed by atoms with Gasteiger partial charge in [-0.15, -0.1) is 0 Å². The third-order valence-corrected chi connectivity index (χ3v) is 6.03. The number of hydrogen-bond donors (Lipinski definition) is 1. The van der Waals surface area contributed by atoms with Crippen LogP contribution in [-0.2, 0) is 9.53 Å². The molecule has 0 unspecified atom stereocenters. The highest BCUT2D eigenvalue weighted by molar-refractivity contribution is 5.70. The molecule has 0 aromatic heterocycles. The second kappa shape index (κ2) is 4.47. The van der Waals surface area contributed by atoms with Crippen LogP contribution in [-0.4, -0.2) is 18.1 Å². The van der Waals surface area contributed by atoms with Crippen LogP contribution in [0.2, 0.25) is 0 Å². The summed E-state index contributed by atoms with van der Waals surface area (Å²) in [4.78, 5) is 11.8. The Morgan fingerprint density at radius 3 is 2.05 bits per heavy atom. The molecule has 4 rings (SSSR count). The minimum atomic E-state index is -0.324. The van der Waals surface area contributed by atoms with Crippen molar-refractivity contribution in [3.63, 3.8) is 0 Å². The maximum absolute atomic E-state index is 11.8. The van der Waals surface area contributed by atoms with Crippen LogP contribution in [0, 0.1) is 23.2 Å². The summed E-state index contributed by atoms with van der Waals surface area (Å²) in [5, 5.41) is 0. The van der Waals surface area contributed by atoms with Gasteiger partial charge in [-0.2, -0.15) is 0 Å². The fraction of sp³-hybridized carbons (Fsp3) is 0.938. The van der Waals surface area contributed by atoms with E-state index in [4.69, 9.17) is 10.5 Å². The minimum Gasteiger partial charge on any atom is -0.459 e. The van der Waals surface area contributed by atoms with E-state index in [0.717, 1.165) is 17.8 Å². The summed E-state index contributed by atoms with van der Waals surface area (Å²) < 4.78 is 5.84. The summed E-state index contributed by atoms with van der Waals surface area (Å²) in [5.74, 6) is 2.54. The molecule has 4 saturated carbocycles. The van der Waals surface area contributed by atoms with Crippen molar-refractivity contribution in [2.24, 2.45) is 28.9 Å². The summed E-state index contributed by atoms with van der Waals surface area (Å²) in [5.41, 5.74) is 5.37. The lowest BCUT2D eigenvalue weighted by molar-refractivity contribution is -0.198. The Morgan fingerprint density at radius 1 is 1.16 bits per heavy atom. The molecule has 0 aromatic rings. The molecule has 3 nitrogen and oxygen atoms in total. The standard InChI is InChI=1S/C16H27NO2/c1-15(2,19-14(18)3-4-17)16-8-11-5-12(9-16)7-13(6-11)10-16/h11-13H,3-10,17H2,1-2H3. The van der Waals surface area contributed by atoms with Gasteiger partial charge in [-0.3, -0.25) is 4.79 Å². The third-order valence-electron chi connectivity index (χ3n) is 6.03. The first-order chi connectivity index (χ1) is 8.94. The van der Waals surface area contributed by atoms with E-state index in [2.05, 4.69) is 13.8 Å². The molecule has 0 aromatic carbocycles. The third kappa shape index (κ3) is 2.20. The van der Waals surface area contributed by atoms with Gasteiger partial charge < -0.3 is 10.5 Å². The Morgan fingerprint density at radius 2 is 1.63 bits per heavy atom. The van der Waals surface area contributed by atoms with Gasteiger partial charge in [0.2, 0.25) is 0 Å². The summed E-state index contributed by atoms with van der Waals surface area (Å²) in [6.45, 7) is 4.65. The van der Waals surface area contributed by atoms with E-state index in [0.29, 0.717) is 13.0 Å². The molecule has 4 fully saturated rings. The Balaban J connectivity index is 1.78. The predicted molar refractivity (Wildman–Crippen MR) is 74.4 cm³/mol. The second-order valence-electron chi connectivity index (χ2n) is 7.72. The molecular formula is C16H27NO2. The first-order valence-corrected chi connectivity index (χ1v) is 7.86. The first kappa shape index (κ1) is 13.4. The average Bonchev–Trinajstić information content (AvgIpc) is 2.26. The second-order valence-corrected chi connectivity index (χ2v) is 7.72. The number of rotatable bonds is 4. The van der Waals surface area contributed by atoms with E-state index >= 15 is 0 Å². The van der Waals surface area contributed by atoms with Gasteiger partial charge in [0.25, 0.3) is 0 Å². The van der Waals surface area contributed by atoms with E-state index in [1.807, 2.05) is 0 Å². The fourth-order valence-electron chi connectivity index (χ4n) is 5.41. The zero-order valence-electron chi connectivity index (χ0n) is 12.3. The Kier molecular flexibility index (Phi) is 3.16. The molecule has 0 heterocycles. The van der Waals surface area contributed by atoms with Crippen molar-refractivity contribution in [1.82, 2.24) is 0 Å². The maximum atomic E-state index is 11.8. The zero-order valence-corrected chi connectivity index (χ0v) is 12.3. The van der Waals surface area contributed by atoms with Gasteiger partial charge in [0.1, 0.15) is 5.60 Å². The Labute approximate surface area is 116 Å². The van der Waals surface area contributed by atoms with Gasteiger partial charge in [-0.1, -0.05) is 0 Å². The smallest absolute Gasteiger partial charge is 0.307 e. The summed E-state index contributed by atoms with van der Waals surface area (Å²) >= 11 is 0. The Bertz CT molecular complexity index is 340. The fourth-order valence-corrected chi connectivity index (χ4v) is 5.41. The molecule has 108 valence electrons. The van der Waals surface area contributed by atoms with Gasteiger partial charge >= 0.3 is 5.97 Å². The van der Waals surface area contributed by atoms with E-state index in [-0.39, 0.29) is 17.0 Å². The van der Waals surface area contributed by atoms with E-state index in [1.165, 1.54) is 38.5 Å². The van der Waals surface area contributed by atoms with Crippen LogP contribution in [0.3, 0.4) is 0 Å². The summed E-state index contributed by atoms with van der Waals surface area (Å²) in [6, 6.07) is 0. The van der Waals surface area contributed by atoms with E-state index in [1.54, 1.807) is 0 Å². The topological polar surface area (TPSA) is 52.3 Å². The van der Waals surface area contributed by atoms with Crippen LogP contribution in [0.4, 0.5) is 0 Å². The SMILES string of the molecule is CC(C)(OC(=O)CCN)C12CC3CC(CC(C3)C1)C2. The average molecular weight is 265 g/mol. The molecule has 2 N–H and O–H groups in total. The van der Waals surface area contributed by atoms with Crippen molar-refractivity contribution in [2.75, 3.05) is 6.54 Å². The van der Waals surface area contributed by atoms with Crippen molar-refractivity contribution < 1.29 is 9.53 Å². The largest absolute Gasteiger partial charge is 0.459 e. The number of hydrogen-bond acceptors (Lipinski definition) is 3. The molecule has 0 atom stereocenters. The monoisotopic (exact) mass is 265 g/mol. The number of carbonyl (C=O) groups excluding carboxylic acids is 1. The quantitative estimate of drug-likeness (QED) is 0.795. The normalized spacial score (nSPS) is 40.5. The molecule has 0 radical (unpaired) electrons. The highest BCUT2D eigenvalue weighted by Crippen LogP contribution is 2.64. The number of ether oxygens (including phenoxy) is 1. The van der Waals surface area contributed by atoms with Gasteiger partial charge in [-0.05, 0) is 70.1 Å². The molecule has 3 heteroatoms. The maximum Gasteiger partial charge on any atom is 0.307 e. The summed E-state index contributed by atoms with van der Waals surface area (Å²) in [7, 11) is 0. The molecule has 4 bridgehead atoms. The van der Waals surface area contributed by atoms with Crippen molar-refractivity contribution in [2.45, 2.75) is 64.4 Å².